The lowest BCUT2D eigenvalue weighted by Gasteiger charge is -2.18. The third kappa shape index (κ3) is 4.77. The highest BCUT2D eigenvalue weighted by Gasteiger charge is 2.27. The van der Waals surface area contributed by atoms with Crippen LogP contribution in [0.1, 0.15) is 22.7 Å². The number of rotatable bonds is 7. The van der Waals surface area contributed by atoms with E-state index in [4.69, 9.17) is 33.9 Å². The fourth-order valence-corrected chi connectivity index (χ4v) is 4.28. The molecule has 4 rings (SSSR count). The minimum Gasteiger partial charge on any atom is -0.381 e. The Labute approximate surface area is 197 Å². The summed E-state index contributed by atoms with van der Waals surface area (Å²) >= 11 is 12.7. The van der Waals surface area contributed by atoms with Gasteiger partial charge in [0, 0.05) is 33.4 Å². The van der Waals surface area contributed by atoms with Crippen molar-refractivity contribution in [3.63, 3.8) is 0 Å². The monoisotopic (exact) mass is 461 g/mol. The van der Waals surface area contributed by atoms with Crippen LogP contribution in [0.5, 0.6) is 0 Å². The van der Waals surface area contributed by atoms with Crippen molar-refractivity contribution in [2.24, 2.45) is 5.73 Å². The van der Waals surface area contributed by atoms with Gasteiger partial charge in [0.2, 0.25) is 5.91 Å². The molecule has 0 bridgehead atoms. The van der Waals surface area contributed by atoms with Crippen molar-refractivity contribution in [1.82, 2.24) is 4.98 Å². The Hall–Kier alpha value is -3.34. The van der Waals surface area contributed by atoms with Crippen LogP contribution < -0.4 is 11.1 Å². The zero-order valence-corrected chi connectivity index (χ0v) is 18.6. The molecule has 1 unspecified atom stereocenters. The molecule has 3 N–H and O–H groups in total. The Morgan fingerprint density at radius 1 is 0.844 bits per heavy atom. The largest absolute Gasteiger partial charge is 0.381 e. The van der Waals surface area contributed by atoms with Gasteiger partial charge in [0.15, 0.2) is 0 Å². The van der Waals surface area contributed by atoms with Gasteiger partial charge in [-0.05, 0) is 42.0 Å². The summed E-state index contributed by atoms with van der Waals surface area (Å²) in [6, 6.07) is 28.7. The molecule has 6 heteroatoms. The first kappa shape index (κ1) is 21.9. The summed E-state index contributed by atoms with van der Waals surface area (Å²) in [6.07, 6.45) is 0. The van der Waals surface area contributed by atoms with Crippen LogP contribution in [-0.4, -0.2) is 10.9 Å². The lowest BCUT2D eigenvalue weighted by atomic mass is 9.93. The number of para-hydroxylation sites is 1. The van der Waals surface area contributed by atoms with Crippen molar-refractivity contribution >= 4 is 34.8 Å². The highest BCUT2D eigenvalue weighted by atomic mass is 35.5. The Morgan fingerprint density at radius 3 is 2.22 bits per heavy atom. The van der Waals surface area contributed by atoms with Crippen LogP contribution in [0.25, 0.3) is 11.3 Å². The molecule has 0 radical (unpaired) electrons. The van der Waals surface area contributed by atoms with Gasteiger partial charge in [-0.3, -0.25) is 9.78 Å². The van der Waals surface area contributed by atoms with Crippen LogP contribution in [0, 0.1) is 0 Å². The van der Waals surface area contributed by atoms with Gasteiger partial charge in [0.1, 0.15) is 5.92 Å². The lowest BCUT2D eigenvalue weighted by molar-refractivity contribution is -0.118. The number of pyridine rings is 1. The van der Waals surface area contributed by atoms with Crippen LogP contribution >= 0.6 is 23.2 Å². The molecule has 0 aliphatic carbocycles. The summed E-state index contributed by atoms with van der Waals surface area (Å²) in [7, 11) is 0. The summed E-state index contributed by atoms with van der Waals surface area (Å²) < 4.78 is 0. The number of hydrogen-bond acceptors (Lipinski definition) is 3. The molecule has 0 aliphatic rings. The number of aromatic nitrogens is 1. The van der Waals surface area contributed by atoms with E-state index in [9.17, 15) is 4.79 Å². The molecule has 0 aliphatic heterocycles. The Kier molecular flexibility index (Phi) is 6.74. The Morgan fingerprint density at radius 2 is 1.50 bits per heavy atom. The first-order valence-electron chi connectivity index (χ1n) is 10.1. The third-order valence-electron chi connectivity index (χ3n) is 5.19. The molecule has 1 amide bonds. The maximum atomic E-state index is 12.4. The summed E-state index contributed by atoms with van der Waals surface area (Å²) in [4.78, 5) is 17.2. The van der Waals surface area contributed by atoms with Gasteiger partial charge in [-0.1, -0.05) is 77.8 Å². The predicted molar refractivity (Wildman–Crippen MR) is 131 cm³/mol. The van der Waals surface area contributed by atoms with E-state index in [1.807, 2.05) is 60.7 Å². The van der Waals surface area contributed by atoms with Gasteiger partial charge < -0.3 is 11.1 Å². The molecule has 160 valence electrons. The predicted octanol–water partition coefficient (Wildman–Crippen LogP) is 6.28. The maximum Gasteiger partial charge on any atom is 0.231 e. The number of amides is 1. The summed E-state index contributed by atoms with van der Waals surface area (Å²) in [5.74, 6) is -1.42. The number of benzene rings is 3. The highest BCUT2D eigenvalue weighted by molar-refractivity contribution is 6.36. The first-order valence-corrected chi connectivity index (χ1v) is 10.9. The fraction of sp³-hybridized carbons (Fsp3) is 0.0769. The zero-order valence-electron chi connectivity index (χ0n) is 17.1. The minimum atomic E-state index is -0.856. The van der Waals surface area contributed by atoms with Gasteiger partial charge >= 0.3 is 0 Å². The van der Waals surface area contributed by atoms with Crippen molar-refractivity contribution in [2.75, 3.05) is 5.32 Å². The van der Waals surface area contributed by atoms with Crippen LogP contribution in [-0.2, 0) is 11.3 Å². The van der Waals surface area contributed by atoms with Crippen molar-refractivity contribution < 1.29 is 4.79 Å². The van der Waals surface area contributed by atoms with Crippen molar-refractivity contribution in [1.29, 1.82) is 0 Å². The smallest absolute Gasteiger partial charge is 0.231 e. The highest BCUT2D eigenvalue weighted by Crippen LogP contribution is 2.36. The maximum absolute atomic E-state index is 12.4. The number of carbonyl (C=O) groups excluding carboxylic acids is 1. The molecule has 0 spiro atoms. The summed E-state index contributed by atoms with van der Waals surface area (Å²) in [5.41, 5.74) is 10.5. The molecule has 0 saturated carbocycles. The van der Waals surface area contributed by atoms with E-state index in [-0.39, 0.29) is 0 Å². The van der Waals surface area contributed by atoms with Crippen LogP contribution in [0.15, 0.2) is 91.0 Å². The lowest BCUT2D eigenvalue weighted by Crippen LogP contribution is -2.24. The number of hydrogen-bond donors (Lipinski definition) is 2. The molecule has 0 fully saturated rings. The standard InChI is InChI=1S/C26H21Cl2N3O/c27-20-12-6-13-21(28)24(20)25(26(29)32)23-15-7-14-22(31-23)19-11-5-4-8-17(19)16-30-18-9-2-1-3-10-18/h1-15,25,30H,16H2,(H2,29,32). The molecule has 1 atom stereocenters. The van der Waals surface area contributed by atoms with Crippen LogP contribution in [0.3, 0.4) is 0 Å². The topological polar surface area (TPSA) is 68.0 Å². The van der Waals surface area contributed by atoms with Gasteiger partial charge in [0.25, 0.3) is 0 Å². The molecular weight excluding hydrogens is 441 g/mol. The van der Waals surface area contributed by atoms with Crippen molar-refractivity contribution in [3.8, 4) is 11.3 Å². The minimum absolute atomic E-state index is 0.376. The Bertz CT molecular complexity index is 1220. The van der Waals surface area contributed by atoms with Gasteiger partial charge in [-0.25, -0.2) is 0 Å². The van der Waals surface area contributed by atoms with E-state index in [1.54, 1.807) is 24.3 Å². The number of primary amides is 1. The van der Waals surface area contributed by atoms with E-state index in [1.165, 1.54) is 0 Å². The van der Waals surface area contributed by atoms with Gasteiger partial charge in [-0.2, -0.15) is 0 Å². The van der Waals surface area contributed by atoms with Crippen LogP contribution in [0.2, 0.25) is 10.0 Å². The second-order valence-electron chi connectivity index (χ2n) is 7.30. The van der Waals surface area contributed by atoms with Crippen LogP contribution in [0.4, 0.5) is 5.69 Å². The SMILES string of the molecule is NC(=O)C(c1cccc(-c2ccccc2CNc2ccccc2)n1)c1c(Cl)cccc1Cl. The van der Waals surface area contributed by atoms with E-state index in [2.05, 4.69) is 11.4 Å². The molecule has 1 aromatic heterocycles. The Balaban J connectivity index is 1.71. The molecule has 32 heavy (non-hydrogen) atoms. The normalized spacial score (nSPS) is 11.7. The molecular formula is C26H21Cl2N3O. The number of nitrogens with zero attached hydrogens (tertiary/aromatic N) is 1. The molecule has 4 aromatic rings. The number of nitrogens with two attached hydrogens (primary N) is 1. The number of carbonyl (C=O) groups is 1. The second kappa shape index (κ2) is 9.86. The zero-order chi connectivity index (χ0) is 22.5. The van der Waals surface area contributed by atoms with Gasteiger partial charge in [-0.15, -0.1) is 0 Å². The average molecular weight is 462 g/mol. The van der Waals surface area contributed by atoms with E-state index in [0.29, 0.717) is 27.8 Å². The van der Waals surface area contributed by atoms with Crippen molar-refractivity contribution in [2.45, 2.75) is 12.5 Å². The molecule has 4 nitrogen and oxygen atoms in total. The van der Waals surface area contributed by atoms with Gasteiger partial charge in [0.05, 0.1) is 11.4 Å². The first-order chi connectivity index (χ1) is 15.5. The average Bonchev–Trinajstić information content (AvgIpc) is 2.81. The molecule has 0 saturated heterocycles. The number of anilines is 1. The third-order valence-corrected chi connectivity index (χ3v) is 5.85. The molecule has 1 heterocycles. The summed E-state index contributed by atoms with van der Waals surface area (Å²) in [5, 5.41) is 4.18. The van der Waals surface area contributed by atoms with E-state index >= 15 is 0 Å². The van der Waals surface area contributed by atoms with Crippen molar-refractivity contribution in [3.05, 3.63) is 118 Å². The van der Waals surface area contributed by atoms with E-state index in [0.717, 1.165) is 22.5 Å². The second-order valence-corrected chi connectivity index (χ2v) is 8.11. The number of halogens is 2. The quantitative estimate of drug-likeness (QED) is 0.340. The summed E-state index contributed by atoms with van der Waals surface area (Å²) in [6.45, 7) is 0.627. The number of nitrogens with one attached hydrogen (secondary N) is 1. The van der Waals surface area contributed by atoms with E-state index < -0.39 is 11.8 Å². The fourth-order valence-electron chi connectivity index (χ4n) is 3.66. The molecule has 3 aromatic carbocycles.